The monoisotopic (exact) mass is 272 g/mol. The van der Waals surface area contributed by atoms with Crippen LogP contribution in [0.3, 0.4) is 0 Å². The van der Waals surface area contributed by atoms with E-state index in [1.165, 1.54) is 21.3 Å². The normalized spacial score (nSPS) is 9.95. The zero-order chi connectivity index (χ0) is 14.5. The Bertz CT molecular complexity index is 580. The maximum atomic E-state index is 12.4. The van der Waals surface area contributed by atoms with Crippen LogP contribution < -0.4 is 14.2 Å². The van der Waals surface area contributed by atoms with E-state index >= 15 is 0 Å². The van der Waals surface area contributed by atoms with E-state index in [1.54, 1.807) is 24.3 Å². The van der Waals surface area contributed by atoms with Crippen molar-refractivity contribution in [1.82, 2.24) is 0 Å². The molecule has 0 fully saturated rings. The van der Waals surface area contributed by atoms with Gasteiger partial charge in [0.1, 0.15) is 0 Å². The van der Waals surface area contributed by atoms with Gasteiger partial charge in [-0.2, -0.15) is 0 Å². The summed E-state index contributed by atoms with van der Waals surface area (Å²) < 4.78 is 15.7. The highest BCUT2D eigenvalue weighted by Gasteiger charge is 2.17. The van der Waals surface area contributed by atoms with Gasteiger partial charge in [-0.1, -0.05) is 30.3 Å². The number of ketones is 1. The van der Waals surface area contributed by atoms with Crippen molar-refractivity contribution in [1.29, 1.82) is 0 Å². The van der Waals surface area contributed by atoms with Crippen LogP contribution in [-0.2, 0) is 0 Å². The van der Waals surface area contributed by atoms with Gasteiger partial charge in [-0.25, -0.2) is 0 Å². The lowest BCUT2D eigenvalue weighted by Gasteiger charge is -2.13. The molecule has 0 spiro atoms. The molecule has 2 aromatic rings. The standard InChI is InChI=1S/C16H16O4/c1-18-13-9-12(10-14(19-2)16(13)20-3)15(17)11-7-5-4-6-8-11/h4-10H,1-3H3. The third-order valence-electron chi connectivity index (χ3n) is 2.96. The molecule has 0 aliphatic carbocycles. The Morgan fingerprint density at radius 3 is 1.80 bits per heavy atom. The van der Waals surface area contributed by atoms with E-state index in [4.69, 9.17) is 14.2 Å². The van der Waals surface area contributed by atoms with Crippen molar-refractivity contribution < 1.29 is 19.0 Å². The summed E-state index contributed by atoms with van der Waals surface area (Å²) in [5.41, 5.74) is 1.10. The third kappa shape index (κ3) is 2.59. The molecular weight excluding hydrogens is 256 g/mol. The maximum absolute atomic E-state index is 12.4. The third-order valence-corrected chi connectivity index (χ3v) is 2.96. The van der Waals surface area contributed by atoms with Crippen LogP contribution >= 0.6 is 0 Å². The number of hydrogen-bond donors (Lipinski definition) is 0. The van der Waals surface area contributed by atoms with Crippen molar-refractivity contribution >= 4 is 5.78 Å². The zero-order valence-corrected chi connectivity index (χ0v) is 11.7. The number of methoxy groups -OCH3 is 3. The molecule has 2 rings (SSSR count). The van der Waals surface area contributed by atoms with Crippen LogP contribution in [0.1, 0.15) is 15.9 Å². The van der Waals surface area contributed by atoms with Crippen LogP contribution in [0.2, 0.25) is 0 Å². The van der Waals surface area contributed by atoms with Gasteiger partial charge in [0.2, 0.25) is 5.75 Å². The van der Waals surface area contributed by atoms with Crippen LogP contribution in [0.15, 0.2) is 42.5 Å². The minimum atomic E-state index is -0.0927. The molecule has 0 amide bonds. The van der Waals surface area contributed by atoms with Gasteiger partial charge in [0.15, 0.2) is 17.3 Å². The second kappa shape index (κ2) is 6.10. The molecule has 0 saturated heterocycles. The van der Waals surface area contributed by atoms with Gasteiger partial charge < -0.3 is 14.2 Å². The second-order valence-electron chi connectivity index (χ2n) is 4.11. The predicted octanol–water partition coefficient (Wildman–Crippen LogP) is 2.94. The summed E-state index contributed by atoms with van der Waals surface area (Å²) in [5.74, 6) is 1.31. The fraction of sp³-hybridized carbons (Fsp3) is 0.188. The molecule has 0 saturated carbocycles. The van der Waals surface area contributed by atoms with Crippen molar-refractivity contribution in [3.8, 4) is 17.2 Å². The lowest BCUT2D eigenvalue weighted by atomic mass is 10.0. The highest BCUT2D eigenvalue weighted by molar-refractivity contribution is 6.09. The average Bonchev–Trinajstić information content (AvgIpc) is 2.53. The highest BCUT2D eigenvalue weighted by atomic mass is 16.5. The molecule has 0 radical (unpaired) electrons. The Hall–Kier alpha value is -2.49. The summed E-state index contributed by atoms with van der Waals surface area (Å²) in [6.45, 7) is 0. The quantitative estimate of drug-likeness (QED) is 0.785. The molecule has 0 atom stereocenters. The first kappa shape index (κ1) is 13.9. The number of carbonyl (C=O) groups is 1. The Labute approximate surface area is 117 Å². The molecule has 0 aliphatic heterocycles. The van der Waals surface area contributed by atoms with Crippen LogP contribution in [0.4, 0.5) is 0 Å². The first-order chi connectivity index (χ1) is 9.71. The van der Waals surface area contributed by atoms with E-state index in [1.807, 2.05) is 18.2 Å². The predicted molar refractivity (Wildman–Crippen MR) is 76.0 cm³/mol. The Balaban J connectivity index is 2.50. The summed E-state index contributed by atoms with van der Waals surface area (Å²) in [7, 11) is 4.57. The molecule has 0 unspecified atom stereocenters. The van der Waals surface area contributed by atoms with Gasteiger partial charge in [0.05, 0.1) is 21.3 Å². The molecular formula is C16H16O4. The number of benzene rings is 2. The maximum Gasteiger partial charge on any atom is 0.203 e. The van der Waals surface area contributed by atoms with Crippen LogP contribution in [0, 0.1) is 0 Å². The second-order valence-corrected chi connectivity index (χ2v) is 4.11. The van der Waals surface area contributed by atoms with Gasteiger partial charge in [0, 0.05) is 11.1 Å². The van der Waals surface area contributed by atoms with Crippen molar-refractivity contribution in [2.75, 3.05) is 21.3 Å². The number of rotatable bonds is 5. The number of hydrogen-bond acceptors (Lipinski definition) is 4. The van der Waals surface area contributed by atoms with Gasteiger partial charge in [0.25, 0.3) is 0 Å². The van der Waals surface area contributed by atoms with Crippen molar-refractivity contribution in [2.24, 2.45) is 0 Å². The molecule has 0 aliphatic rings. The lowest BCUT2D eigenvalue weighted by Crippen LogP contribution is -2.03. The molecule has 0 aromatic heterocycles. The topological polar surface area (TPSA) is 44.8 Å². The van der Waals surface area contributed by atoms with Crippen LogP contribution in [-0.4, -0.2) is 27.1 Å². The van der Waals surface area contributed by atoms with Crippen LogP contribution in [0.5, 0.6) is 17.2 Å². The van der Waals surface area contributed by atoms with E-state index in [2.05, 4.69) is 0 Å². The molecule has 104 valence electrons. The van der Waals surface area contributed by atoms with Gasteiger partial charge in [-0.05, 0) is 12.1 Å². The minimum absolute atomic E-state index is 0.0927. The summed E-state index contributed by atoms with van der Waals surface area (Å²) in [6, 6.07) is 12.4. The molecule has 0 heterocycles. The zero-order valence-electron chi connectivity index (χ0n) is 11.7. The molecule has 4 nitrogen and oxygen atoms in total. The van der Waals surface area contributed by atoms with Gasteiger partial charge in [-0.15, -0.1) is 0 Å². The number of carbonyl (C=O) groups excluding carboxylic acids is 1. The first-order valence-electron chi connectivity index (χ1n) is 6.11. The van der Waals surface area contributed by atoms with E-state index in [9.17, 15) is 4.79 Å². The Kier molecular flexibility index (Phi) is 4.25. The summed E-state index contributed by atoms with van der Waals surface area (Å²) in [4.78, 5) is 12.4. The van der Waals surface area contributed by atoms with E-state index < -0.39 is 0 Å². The molecule has 0 bridgehead atoms. The van der Waals surface area contributed by atoms with Crippen LogP contribution in [0.25, 0.3) is 0 Å². The number of ether oxygens (including phenoxy) is 3. The Morgan fingerprint density at radius 1 is 0.800 bits per heavy atom. The summed E-state index contributed by atoms with van der Waals surface area (Å²) in [6.07, 6.45) is 0. The summed E-state index contributed by atoms with van der Waals surface area (Å²) in [5, 5.41) is 0. The molecule has 2 aromatic carbocycles. The van der Waals surface area contributed by atoms with E-state index in [-0.39, 0.29) is 5.78 Å². The van der Waals surface area contributed by atoms with Crippen molar-refractivity contribution in [2.45, 2.75) is 0 Å². The highest BCUT2D eigenvalue weighted by Crippen LogP contribution is 2.38. The molecule has 20 heavy (non-hydrogen) atoms. The average molecular weight is 272 g/mol. The van der Waals surface area contributed by atoms with E-state index in [0.29, 0.717) is 28.4 Å². The fourth-order valence-electron chi connectivity index (χ4n) is 1.97. The fourth-order valence-corrected chi connectivity index (χ4v) is 1.97. The summed E-state index contributed by atoms with van der Waals surface area (Å²) >= 11 is 0. The molecule has 0 N–H and O–H groups in total. The van der Waals surface area contributed by atoms with E-state index in [0.717, 1.165) is 0 Å². The van der Waals surface area contributed by atoms with Gasteiger partial charge >= 0.3 is 0 Å². The first-order valence-corrected chi connectivity index (χ1v) is 6.11. The smallest absolute Gasteiger partial charge is 0.203 e. The lowest BCUT2D eigenvalue weighted by molar-refractivity contribution is 0.103. The minimum Gasteiger partial charge on any atom is -0.493 e. The SMILES string of the molecule is COc1cc(C(=O)c2ccccc2)cc(OC)c1OC. The Morgan fingerprint density at radius 2 is 1.35 bits per heavy atom. The largest absolute Gasteiger partial charge is 0.493 e. The van der Waals surface area contributed by atoms with Crippen molar-refractivity contribution in [3.05, 3.63) is 53.6 Å². The van der Waals surface area contributed by atoms with Gasteiger partial charge in [-0.3, -0.25) is 4.79 Å². The van der Waals surface area contributed by atoms with Crippen molar-refractivity contribution in [3.63, 3.8) is 0 Å². The molecule has 4 heteroatoms.